The van der Waals surface area contributed by atoms with Gasteiger partial charge >= 0.3 is 0 Å². The van der Waals surface area contributed by atoms with E-state index in [0.717, 1.165) is 19.3 Å². The summed E-state index contributed by atoms with van der Waals surface area (Å²) in [7, 11) is 1.67. The summed E-state index contributed by atoms with van der Waals surface area (Å²) in [5, 5.41) is 18.9. The van der Waals surface area contributed by atoms with Gasteiger partial charge in [-0.15, -0.1) is 0 Å². The maximum Gasteiger partial charge on any atom is 0.257 e. The molecule has 0 aliphatic heterocycles. The van der Waals surface area contributed by atoms with Crippen LogP contribution in [0.3, 0.4) is 0 Å². The molecule has 1 aromatic rings. The number of nitrogens with two attached hydrogens (primary N) is 1. The summed E-state index contributed by atoms with van der Waals surface area (Å²) in [5.74, 6) is -0.449. The summed E-state index contributed by atoms with van der Waals surface area (Å²) >= 11 is 0. The van der Waals surface area contributed by atoms with Gasteiger partial charge in [-0.3, -0.25) is 4.79 Å². The quantitative estimate of drug-likeness (QED) is 0.526. The van der Waals surface area contributed by atoms with Crippen LogP contribution in [-0.4, -0.2) is 41.2 Å². The maximum atomic E-state index is 12.0. The highest BCUT2D eigenvalue weighted by atomic mass is 16.3. The van der Waals surface area contributed by atoms with Crippen LogP contribution in [0.15, 0.2) is 18.2 Å². The molecule has 100 valence electrons. The highest BCUT2D eigenvalue weighted by Gasteiger charge is 2.15. The lowest BCUT2D eigenvalue weighted by atomic mass is 10.1. The Hall–Kier alpha value is -1.75. The standard InChI is InChI=1S/C13H20N2O3/c1-15(8-4-2-3-7-14)13(18)11-9-10(16)5-6-12(11)17/h5-6,9,16-17H,2-4,7-8,14H2,1H3. The lowest BCUT2D eigenvalue weighted by Gasteiger charge is -2.17. The average Bonchev–Trinajstić information content (AvgIpc) is 2.36. The summed E-state index contributed by atoms with van der Waals surface area (Å²) in [6, 6.07) is 3.92. The molecule has 0 spiro atoms. The van der Waals surface area contributed by atoms with E-state index in [1.54, 1.807) is 7.05 Å². The number of carbonyl (C=O) groups is 1. The Morgan fingerprint density at radius 1 is 1.28 bits per heavy atom. The first kappa shape index (κ1) is 14.3. The first-order valence-electron chi connectivity index (χ1n) is 6.03. The van der Waals surface area contributed by atoms with E-state index >= 15 is 0 Å². The van der Waals surface area contributed by atoms with Crippen molar-refractivity contribution in [3.8, 4) is 11.5 Å². The van der Waals surface area contributed by atoms with Crippen molar-refractivity contribution >= 4 is 5.91 Å². The first-order valence-corrected chi connectivity index (χ1v) is 6.03. The third kappa shape index (κ3) is 3.92. The van der Waals surface area contributed by atoms with Crippen LogP contribution < -0.4 is 5.73 Å². The van der Waals surface area contributed by atoms with Gasteiger partial charge in [-0.05, 0) is 37.6 Å². The fraction of sp³-hybridized carbons (Fsp3) is 0.462. The van der Waals surface area contributed by atoms with Gasteiger partial charge in [-0.1, -0.05) is 6.42 Å². The molecule has 1 aromatic carbocycles. The molecule has 4 N–H and O–H groups in total. The molecule has 5 nitrogen and oxygen atoms in total. The van der Waals surface area contributed by atoms with E-state index in [0.29, 0.717) is 13.1 Å². The van der Waals surface area contributed by atoms with Crippen molar-refractivity contribution in [2.75, 3.05) is 20.1 Å². The average molecular weight is 252 g/mol. The maximum absolute atomic E-state index is 12.0. The molecule has 0 atom stereocenters. The van der Waals surface area contributed by atoms with Gasteiger partial charge in [0.05, 0.1) is 5.56 Å². The van der Waals surface area contributed by atoms with Crippen LogP contribution in [0.4, 0.5) is 0 Å². The van der Waals surface area contributed by atoms with Gasteiger partial charge in [-0.2, -0.15) is 0 Å². The molecule has 0 heterocycles. The number of rotatable bonds is 6. The van der Waals surface area contributed by atoms with E-state index in [9.17, 15) is 15.0 Å². The molecule has 1 amide bonds. The molecule has 0 aliphatic rings. The molecular formula is C13H20N2O3. The summed E-state index contributed by atoms with van der Waals surface area (Å²) in [4.78, 5) is 13.5. The monoisotopic (exact) mass is 252 g/mol. The minimum Gasteiger partial charge on any atom is -0.508 e. The van der Waals surface area contributed by atoms with Gasteiger partial charge in [-0.25, -0.2) is 0 Å². The van der Waals surface area contributed by atoms with Gasteiger partial charge in [0.25, 0.3) is 5.91 Å². The van der Waals surface area contributed by atoms with Crippen molar-refractivity contribution in [1.29, 1.82) is 0 Å². The SMILES string of the molecule is CN(CCCCCN)C(=O)c1cc(O)ccc1O. The Kier molecular flexibility index (Phi) is 5.45. The van der Waals surface area contributed by atoms with Crippen LogP contribution >= 0.6 is 0 Å². The summed E-state index contributed by atoms with van der Waals surface area (Å²) in [6.45, 7) is 1.26. The van der Waals surface area contributed by atoms with Gasteiger partial charge in [0.15, 0.2) is 0 Å². The van der Waals surface area contributed by atoms with E-state index in [2.05, 4.69) is 0 Å². The minimum atomic E-state index is -0.295. The number of hydrogen-bond acceptors (Lipinski definition) is 4. The molecule has 0 bridgehead atoms. The third-order valence-electron chi connectivity index (χ3n) is 2.75. The zero-order valence-electron chi connectivity index (χ0n) is 10.6. The Labute approximate surface area is 107 Å². The number of phenols is 2. The van der Waals surface area contributed by atoms with Gasteiger partial charge in [0.1, 0.15) is 11.5 Å². The molecule has 0 unspecified atom stereocenters. The second kappa shape index (κ2) is 6.86. The van der Waals surface area contributed by atoms with E-state index in [1.165, 1.54) is 23.1 Å². The molecular weight excluding hydrogens is 232 g/mol. The Morgan fingerprint density at radius 3 is 2.67 bits per heavy atom. The number of amides is 1. The molecule has 0 radical (unpaired) electrons. The number of carbonyl (C=O) groups excluding carboxylic acids is 1. The lowest BCUT2D eigenvalue weighted by Crippen LogP contribution is -2.27. The number of phenolic OH excluding ortho intramolecular Hbond substituents is 2. The van der Waals surface area contributed by atoms with Crippen molar-refractivity contribution in [1.82, 2.24) is 4.90 Å². The van der Waals surface area contributed by atoms with Crippen LogP contribution in [-0.2, 0) is 0 Å². The van der Waals surface area contributed by atoms with Crippen LogP contribution in [0.2, 0.25) is 0 Å². The van der Waals surface area contributed by atoms with Crippen LogP contribution in [0.25, 0.3) is 0 Å². The van der Waals surface area contributed by atoms with Crippen molar-refractivity contribution in [3.05, 3.63) is 23.8 Å². The van der Waals surface area contributed by atoms with Crippen LogP contribution in [0.1, 0.15) is 29.6 Å². The minimum absolute atomic E-state index is 0.0346. The van der Waals surface area contributed by atoms with Crippen LogP contribution in [0, 0.1) is 0 Å². The Bertz CT molecular complexity index is 407. The summed E-state index contributed by atoms with van der Waals surface area (Å²) in [6.07, 6.45) is 2.79. The largest absolute Gasteiger partial charge is 0.508 e. The molecule has 0 aromatic heterocycles. The predicted molar refractivity (Wildman–Crippen MR) is 69.6 cm³/mol. The van der Waals surface area contributed by atoms with Crippen LogP contribution in [0.5, 0.6) is 11.5 Å². The molecule has 1 rings (SSSR count). The van der Waals surface area contributed by atoms with Gasteiger partial charge in [0.2, 0.25) is 0 Å². The predicted octanol–water partition coefficient (Wildman–Crippen LogP) is 1.30. The number of benzene rings is 1. The highest BCUT2D eigenvalue weighted by Crippen LogP contribution is 2.23. The van der Waals surface area contributed by atoms with Crippen molar-refractivity contribution in [3.63, 3.8) is 0 Å². The zero-order chi connectivity index (χ0) is 13.5. The normalized spacial score (nSPS) is 10.3. The molecule has 0 saturated carbocycles. The third-order valence-corrected chi connectivity index (χ3v) is 2.75. The van der Waals surface area contributed by atoms with E-state index in [4.69, 9.17) is 5.73 Å². The fourth-order valence-corrected chi connectivity index (χ4v) is 1.67. The van der Waals surface area contributed by atoms with Gasteiger partial charge in [0, 0.05) is 13.6 Å². The van der Waals surface area contributed by atoms with Crippen molar-refractivity contribution in [2.45, 2.75) is 19.3 Å². The molecule has 0 fully saturated rings. The number of aromatic hydroxyl groups is 2. The van der Waals surface area contributed by atoms with E-state index in [1.807, 2.05) is 0 Å². The Balaban J connectivity index is 2.60. The Morgan fingerprint density at radius 2 is 2.00 bits per heavy atom. The first-order chi connectivity index (χ1) is 8.56. The number of nitrogens with zero attached hydrogens (tertiary/aromatic N) is 1. The molecule has 0 aliphatic carbocycles. The summed E-state index contributed by atoms with van der Waals surface area (Å²) in [5.41, 5.74) is 5.51. The van der Waals surface area contributed by atoms with E-state index < -0.39 is 0 Å². The molecule has 18 heavy (non-hydrogen) atoms. The molecule has 0 saturated heterocycles. The fourth-order valence-electron chi connectivity index (χ4n) is 1.67. The number of hydrogen-bond donors (Lipinski definition) is 3. The zero-order valence-corrected chi connectivity index (χ0v) is 10.6. The molecule has 5 heteroatoms. The summed E-state index contributed by atoms with van der Waals surface area (Å²) < 4.78 is 0. The van der Waals surface area contributed by atoms with Crippen molar-refractivity contribution < 1.29 is 15.0 Å². The highest BCUT2D eigenvalue weighted by molar-refractivity contribution is 5.97. The smallest absolute Gasteiger partial charge is 0.257 e. The van der Waals surface area contributed by atoms with Crippen molar-refractivity contribution in [2.24, 2.45) is 5.73 Å². The second-order valence-electron chi connectivity index (χ2n) is 4.28. The lowest BCUT2D eigenvalue weighted by molar-refractivity contribution is 0.0789. The topological polar surface area (TPSA) is 86.8 Å². The van der Waals surface area contributed by atoms with E-state index in [-0.39, 0.29) is 23.0 Å². The second-order valence-corrected chi connectivity index (χ2v) is 4.28. The number of unbranched alkanes of at least 4 members (excludes halogenated alkanes) is 2. The van der Waals surface area contributed by atoms with Gasteiger partial charge < -0.3 is 20.8 Å².